The van der Waals surface area contributed by atoms with Gasteiger partial charge in [-0.25, -0.2) is 0 Å². The van der Waals surface area contributed by atoms with Gasteiger partial charge in [0, 0.05) is 0 Å². The third kappa shape index (κ3) is 863. The van der Waals surface area contributed by atoms with E-state index in [2.05, 4.69) is 0 Å². The molecule has 26 heavy (non-hydrogen) atoms. The van der Waals surface area contributed by atoms with Crippen LogP contribution in [0.2, 0.25) is 0 Å². The zero-order valence-electron chi connectivity index (χ0n) is 13.7. The van der Waals surface area contributed by atoms with Crippen LogP contribution in [0, 0.1) is 0 Å². The van der Waals surface area contributed by atoms with E-state index in [0.717, 1.165) is 0 Å². The molecule has 0 fully saturated rings. The second kappa shape index (κ2) is 87.1. The molecule has 0 heterocycles. The van der Waals surface area contributed by atoms with Gasteiger partial charge in [-0.2, -0.15) is 15.6 Å². The molecule has 20 nitrogen and oxygen atoms in total. The molecule has 24 N–H and O–H groups in total. The summed E-state index contributed by atoms with van der Waals surface area (Å²) < 4.78 is 17.1. The maximum absolute atomic E-state index is 8.55. The van der Waals surface area contributed by atoms with E-state index in [0.29, 0.717) is 0 Å². The number of phosphoric acid groups is 2. The predicted octanol–water partition coefficient (Wildman–Crippen LogP) is -24.9. The van der Waals surface area contributed by atoms with Gasteiger partial charge in [0.05, 0.1) is 0 Å². The summed E-state index contributed by atoms with van der Waals surface area (Å²) in [7, 11) is -10.8. The summed E-state index contributed by atoms with van der Waals surface area (Å²) in [5.41, 5.74) is 0. The van der Waals surface area contributed by atoms with E-state index in [1.165, 1.54) is 0 Å². The average Bonchev–Trinajstić information content (AvgIpc) is 1.12. The van der Waals surface area contributed by atoms with Gasteiger partial charge in [-0.3, -0.25) is 0 Å². The molecule has 0 spiro atoms. The van der Waals surface area contributed by atoms with Gasteiger partial charge in [0.25, 0.3) is 0 Å². The summed E-state index contributed by atoms with van der Waals surface area (Å²) in [4.78, 5) is 51.3. The van der Waals surface area contributed by atoms with Crippen LogP contribution in [0.15, 0.2) is 0 Å². The third-order valence-electron chi connectivity index (χ3n) is 0. The smallest absolute Gasteiger partial charge is 0.822 e. The summed E-state index contributed by atoms with van der Waals surface area (Å²) in [6.45, 7) is 0. The van der Waals surface area contributed by atoms with E-state index >= 15 is 0 Å². The molecule has 160 valence electrons. The molecule has 0 unspecified atom stereocenters. The van der Waals surface area contributed by atoms with Crippen molar-refractivity contribution in [3.8, 4) is 0 Å². The van der Waals surface area contributed by atoms with E-state index in [1.807, 2.05) is 0 Å². The van der Waals surface area contributed by atoms with Crippen molar-refractivity contribution in [1.82, 2.24) is 0 Å². The molecule has 0 amide bonds. The van der Waals surface area contributed by atoms with Gasteiger partial charge in [0.1, 0.15) is 0 Å². The Kier molecular flexibility index (Phi) is 547. The average molecular weight is 550 g/mol. The molecule has 0 radical (unpaired) electrons. The Morgan fingerprint density at radius 2 is 0.346 bits per heavy atom. The number of rotatable bonds is 0. The van der Waals surface area contributed by atoms with Gasteiger partial charge in [-0.15, -0.1) is 0 Å². The van der Waals surface area contributed by atoms with Crippen molar-refractivity contribution in [1.29, 1.82) is 0 Å². The normalized spacial score (nSPS) is 4.54. The Hall–Kier alpha value is 5.18. The maximum Gasteiger partial charge on any atom is 3.00 e. The van der Waals surface area contributed by atoms with Crippen LogP contribution < -0.4 is 184 Å². The van der Waals surface area contributed by atoms with Crippen molar-refractivity contribution in [2.45, 2.75) is 0 Å². The molecule has 0 aliphatic carbocycles. The van der Waals surface area contributed by atoms with Crippen LogP contribution in [0.3, 0.4) is 0 Å². The fourth-order valence-corrected chi connectivity index (χ4v) is 0. The molecule has 0 aromatic heterocycles. The topological polar surface area (TPSA) is 550 Å². The minimum atomic E-state index is -5.39. The van der Waals surface area contributed by atoms with Crippen LogP contribution in [0.4, 0.5) is 0 Å². The first-order chi connectivity index (χ1) is 4.00. The van der Waals surface area contributed by atoms with Crippen LogP contribution in [-0.4, -0.2) is 83.1 Å². The van der Waals surface area contributed by atoms with Crippen molar-refractivity contribution in [3.63, 3.8) is 0 Å². The summed E-state index contributed by atoms with van der Waals surface area (Å²) >= 11 is 0. The largest absolute Gasteiger partial charge is 3.00 e. The van der Waals surface area contributed by atoms with Crippen molar-refractivity contribution in [2.75, 3.05) is 0 Å². The fraction of sp³-hybridized carbons (Fsp3) is 0. The standard InChI is InChI=1S/Al.3K.2H3O4P.12H2O/c;;;;2*1-5(2,3)4;;;;;;;;;;;;/h;;;;2*(H3,1,2,3,4);12*1H2/q+3;3*+1;;;;;;;;;;;;;;/p-6. The fourth-order valence-electron chi connectivity index (χ4n) is 0. The maximum atomic E-state index is 8.55. The van der Waals surface area contributed by atoms with Gasteiger partial charge in [-0.05, 0) is 0 Å². The third-order valence-corrected chi connectivity index (χ3v) is 0. The first-order valence-electron chi connectivity index (χ1n) is 1.46. The molecule has 0 aromatic carbocycles. The monoisotopic (exact) mass is 550 g/mol. The molecule has 0 saturated heterocycles. The second-order valence-corrected chi connectivity index (χ2v) is 2.68. The van der Waals surface area contributed by atoms with Crippen LogP contribution in [0.25, 0.3) is 0 Å². The Bertz CT molecular complexity index is 141. The summed E-state index contributed by atoms with van der Waals surface area (Å²) in [5, 5.41) is 0. The van der Waals surface area contributed by atoms with Gasteiger partial charge in [0.15, 0.2) is 0 Å². The van der Waals surface area contributed by atoms with Crippen molar-refractivity contribution >= 4 is 33.0 Å². The first-order valence-corrected chi connectivity index (χ1v) is 4.38. The Morgan fingerprint density at radius 3 is 0.346 bits per heavy atom. The molecule has 0 rings (SSSR count). The molecule has 0 aliphatic rings. The second-order valence-electron chi connectivity index (χ2n) is 0.894. The van der Waals surface area contributed by atoms with E-state index in [-0.39, 0.29) is 237 Å². The summed E-state index contributed by atoms with van der Waals surface area (Å²) in [5.74, 6) is 0. The van der Waals surface area contributed by atoms with E-state index in [1.54, 1.807) is 0 Å². The molecular formula is H24AlK3O20P2. The number of hydrogen-bond donors (Lipinski definition) is 0. The van der Waals surface area contributed by atoms with Crippen molar-refractivity contribution in [2.24, 2.45) is 0 Å². The van der Waals surface area contributed by atoms with Gasteiger partial charge < -0.3 is 104 Å². The molecule has 0 aliphatic heterocycles. The van der Waals surface area contributed by atoms with Gasteiger partial charge >= 0.3 is 172 Å². The minimum absolute atomic E-state index is 0. The summed E-state index contributed by atoms with van der Waals surface area (Å²) in [6.07, 6.45) is 0. The molecule has 0 saturated carbocycles. The van der Waals surface area contributed by atoms with Gasteiger partial charge in [0.2, 0.25) is 0 Å². The zero-order chi connectivity index (χ0) is 9.00. The molecular weight excluding hydrogens is 526 g/mol. The van der Waals surface area contributed by atoms with Gasteiger partial charge in [-0.1, -0.05) is 0 Å². The van der Waals surface area contributed by atoms with E-state index < -0.39 is 15.6 Å². The van der Waals surface area contributed by atoms with Crippen molar-refractivity contribution in [3.05, 3.63) is 0 Å². The first kappa shape index (κ1) is 163. The van der Waals surface area contributed by atoms with E-state index in [9.17, 15) is 0 Å². The van der Waals surface area contributed by atoms with E-state index in [4.69, 9.17) is 38.5 Å². The van der Waals surface area contributed by atoms with Crippen LogP contribution in [0.1, 0.15) is 0 Å². The van der Waals surface area contributed by atoms with Crippen molar-refractivity contribution < 1.29 is 258 Å². The Balaban J connectivity index is -0.00000000190. The number of hydrogen-bond acceptors (Lipinski definition) is 8. The Morgan fingerprint density at radius 1 is 0.346 bits per heavy atom. The minimum Gasteiger partial charge on any atom is -0.822 e. The quantitative estimate of drug-likeness (QED) is 0.205. The Labute approximate surface area is 285 Å². The molecule has 0 bridgehead atoms. The molecule has 0 aromatic rings. The predicted molar refractivity (Wildman–Crippen MR) is 64.3 cm³/mol. The molecule has 0 atom stereocenters. The SMILES string of the molecule is O.O.O.O.O.O.O.O.O.O.O.O.O=P([O-])([O-])[O-].O=P([O-])([O-])[O-].[Al+3].[K+].[K+].[K+]. The van der Waals surface area contributed by atoms with Crippen LogP contribution in [-0.2, 0) is 9.13 Å². The zero-order valence-corrected chi connectivity index (χ0v) is 26.1. The van der Waals surface area contributed by atoms with Crippen LogP contribution in [0.5, 0.6) is 0 Å². The summed E-state index contributed by atoms with van der Waals surface area (Å²) in [6, 6.07) is 0. The van der Waals surface area contributed by atoms with Crippen LogP contribution >= 0.6 is 15.6 Å². The molecule has 26 heteroatoms.